The highest BCUT2D eigenvalue weighted by Gasteiger charge is 2.23. The van der Waals surface area contributed by atoms with E-state index in [-0.39, 0.29) is 48.1 Å². The molecular formula is C71H95N13O11S. The number of likely N-dealkylation sites (N-methyl/N-ethyl adjacent to an activating group) is 1. The minimum absolute atomic E-state index is 0.0185. The van der Waals surface area contributed by atoms with Crippen LogP contribution in [0.2, 0.25) is 0 Å². The average Bonchev–Trinajstić information content (AvgIpc) is 1.56. The van der Waals surface area contributed by atoms with Gasteiger partial charge in [-0.2, -0.15) is 0 Å². The van der Waals surface area contributed by atoms with Crippen LogP contribution >= 0.6 is 0 Å². The number of benzene rings is 4. The van der Waals surface area contributed by atoms with Crippen molar-refractivity contribution in [2.75, 3.05) is 108 Å². The second-order valence-corrected chi connectivity index (χ2v) is 25.7. The number of H-pyrrole nitrogens is 1. The molecule has 8 rings (SSSR count). The van der Waals surface area contributed by atoms with Crippen molar-refractivity contribution in [2.24, 2.45) is 14.1 Å². The maximum Gasteiger partial charge on any atom is 0.328 e. The van der Waals surface area contributed by atoms with Crippen LogP contribution in [0, 0.1) is 19.3 Å². The van der Waals surface area contributed by atoms with Gasteiger partial charge in [-0.05, 0) is 133 Å². The number of imidazole rings is 1. The van der Waals surface area contributed by atoms with Crippen molar-refractivity contribution in [3.8, 4) is 45.6 Å². The van der Waals surface area contributed by atoms with Crippen LogP contribution in [0.1, 0.15) is 111 Å². The quantitative estimate of drug-likeness (QED) is 0.0141. The van der Waals surface area contributed by atoms with Gasteiger partial charge in [0, 0.05) is 150 Å². The lowest BCUT2D eigenvalue weighted by Gasteiger charge is -2.35. The van der Waals surface area contributed by atoms with Crippen LogP contribution < -0.4 is 65.8 Å². The Morgan fingerprint density at radius 1 is 0.740 bits per heavy atom. The van der Waals surface area contributed by atoms with Crippen molar-refractivity contribution in [1.82, 2.24) is 44.9 Å². The summed E-state index contributed by atoms with van der Waals surface area (Å²) in [7, 11) is 6.56. The molecule has 3 amide bonds. The van der Waals surface area contributed by atoms with E-state index in [4.69, 9.17) is 34.1 Å². The van der Waals surface area contributed by atoms with Gasteiger partial charge in [0.05, 0.1) is 61.2 Å². The maximum absolute atomic E-state index is 13.8. The van der Waals surface area contributed by atoms with Crippen molar-refractivity contribution >= 4 is 63.1 Å². The van der Waals surface area contributed by atoms with Crippen LogP contribution in [-0.4, -0.2) is 156 Å². The van der Waals surface area contributed by atoms with Crippen LogP contribution in [0.3, 0.4) is 0 Å². The molecule has 0 aliphatic carbocycles. The zero-order valence-electron chi connectivity index (χ0n) is 57.2. The summed E-state index contributed by atoms with van der Waals surface area (Å²) < 4.78 is 49.6. The minimum atomic E-state index is -1.77. The summed E-state index contributed by atoms with van der Waals surface area (Å²) in [5.74, 6) is 3.26. The Labute approximate surface area is 564 Å². The fourth-order valence-electron chi connectivity index (χ4n) is 11.5. The Balaban J connectivity index is 0.686. The number of piperazine rings is 1. The number of carbonyl (C=O) groups is 3. The van der Waals surface area contributed by atoms with Gasteiger partial charge in [0.25, 0.3) is 11.5 Å². The largest absolute Gasteiger partial charge is 0.493 e. The number of amides is 3. The Kier molecular flexibility index (Phi) is 26.9. The molecule has 1 atom stereocenters. The van der Waals surface area contributed by atoms with Crippen molar-refractivity contribution < 1.29 is 42.3 Å². The number of carbonyl (C=O) groups excluding carboxylic acids is 3. The second kappa shape index (κ2) is 35.5. The number of aromatic nitrogens is 4. The van der Waals surface area contributed by atoms with E-state index in [1.165, 1.54) is 29.6 Å². The Morgan fingerprint density at radius 2 is 1.44 bits per heavy atom. The molecule has 24 nitrogen and oxygen atoms in total. The van der Waals surface area contributed by atoms with Crippen molar-refractivity contribution in [1.29, 1.82) is 5.41 Å². The third-order valence-corrected chi connectivity index (χ3v) is 17.8. The summed E-state index contributed by atoms with van der Waals surface area (Å²) in [6.07, 6.45) is 10.4. The van der Waals surface area contributed by atoms with Gasteiger partial charge in [-0.1, -0.05) is 26.2 Å². The Bertz CT molecular complexity index is 3950. The highest BCUT2D eigenvalue weighted by molar-refractivity contribution is 7.86. The molecule has 0 spiro atoms. The lowest BCUT2D eigenvalue weighted by molar-refractivity contribution is -0.122. The molecule has 1 saturated heterocycles. The van der Waals surface area contributed by atoms with Crippen LogP contribution in [0.4, 0.5) is 17.2 Å². The van der Waals surface area contributed by atoms with Crippen LogP contribution in [0.15, 0.2) is 99.5 Å². The number of hydrogen-bond acceptors (Lipinski definition) is 17. The average molecular weight is 1340 g/mol. The van der Waals surface area contributed by atoms with Crippen LogP contribution in [-0.2, 0) is 41.2 Å². The summed E-state index contributed by atoms with van der Waals surface area (Å²) in [5, 5.41) is 20.7. The van der Waals surface area contributed by atoms with Gasteiger partial charge in [-0.3, -0.25) is 42.8 Å². The number of hydrogen-bond donors (Lipinski definition) is 7. The molecule has 0 saturated carbocycles. The molecule has 25 heteroatoms. The van der Waals surface area contributed by atoms with Crippen LogP contribution in [0.5, 0.6) is 34.5 Å². The first kappa shape index (κ1) is 72.6. The molecule has 1 aliphatic rings. The molecular weight excluding hydrogens is 1240 g/mol. The number of nitrogens with one attached hydrogen (secondary N) is 7. The number of anilines is 3. The standard InChI is InChI=1S/C71H95N13O11S/c1-11-32-93-52-37-53(39-54(38-52)95-64-42-62-61(81(7)71(89)82(62)8)41-60(64)79-96(90)55-21-22-63(91-9)65(40-55)92-10)94-33-18-17-26-80(6)46-68(86)73-24-16-14-12-13-15-19-67(85)74-25-27-83-28-30-84(31-29-83)66-23-20-50(44-75-66)51-35-56(57(43-72)59(36-51)77-47(2)3)69(87)76-45-58-48(4)34-49(5)78-70(58)88/h20-23,34-44,47,72,77,79H,11-19,24-33,45-46H2,1-10H3,(H,73,86)(H,74,85)(H,76,87)(H,78,88). The third kappa shape index (κ3) is 20.2. The monoisotopic (exact) mass is 1340 g/mol. The van der Waals surface area contributed by atoms with E-state index in [0.717, 1.165) is 112 Å². The summed E-state index contributed by atoms with van der Waals surface area (Å²) in [5.41, 5.74) is 6.20. The minimum Gasteiger partial charge on any atom is -0.493 e. The number of unbranched alkanes of at least 4 members (excludes halogenated alkanes) is 5. The van der Waals surface area contributed by atoms with E-state index in [0.29, 0.717) is 118 Å². The summed E-state index contributed by atoms with van der Waals surface area (Å²) in [6.45, 7) is 16.8. The predicted octanol–water partition coefficient (Wildman–Crippen LogP) is 9.21. The van der Waals surface area contributed by atoms with E-state index in [1.807, 2.05) is 83.1 Å². The molecule has 0 radical (unpaired) electrons. The van der Waals surface area contributed by atoms with E-state index >= 15 is 0 Å². The molecule has 516 valence electrons. The molecule has 3 aromatic heterocycles. The van der Waals surface area contributed by atoms with Gasteiger partial charge in [0.1, 0.15) is 23.1 Å². The lowest BCUT2D eigenvalue weighted by Crippen LogP contribution is -2.48. The molecule has 1 aliphatic heterocycles. The first-order valence-electron chi connectivity index (χ1n) is 33.0. The molecule has 7 aromatic rings. The number of rotatable bonds is 37. The topological polar surface area (TPSA) is 281 Å². The number of aromatic amines is 1. The van der Waals surface area contributed by atoms with E-state index in [2.05, 4.69) is 40.8 Å². The molecule has 4 aromatic carbocycles. The van der Waals surface area contributed by atoms with Gasteiger partial charge in [-0.15, -0.1) is 0 Å². The van der Waals surface area contributed by atoms with Gasteiger partial charge in [0.2, 0.25) is 11.8 Å². The first-order chi connectivity index (χ1) is 46.2. The summed E-state index contributed by atoms with van der Waals surface area (Å²) in [4.78, 5) is 79.6. The fraction of sp³-hybridized carbons (Fsp3) is 0.451. The number of pyridine rings is 2. The fourth-order valence-corrected chi connectivity index (χ4v) is 12.3. The van der Waals surface area contributed by atoms with E-state index in [1.54, 1.807) is 62.6 Å². The molecule has 7 N–H and O–H groups in total. The normalized spacial score (nSPS) is 12.8. The Hall–Kier alpha value is -9.20. The third-order valence-electron chi connectivity index (χ3n) is 16.7. The molecule has 96 heavy (non-hydrogen) atoms. The number of ether oxygens (including phenoxy) is 5. The lowest BCUT2D eigenvalue weighted by atomic mass is 9.97. The SMILES string of the molecule is CCCOc1cc(OCCCCN(C)CC(=O)NCCCCCCCC(=O)NCCN2CCN(c3ccc(-c4cc(NC(C)C)c(C=N)c(C(=O)NCc5c(C)cc(C)[nH]c5=O)c4)cn3)CC2)cc(Oc2cc3c(cc2NS(=O)c2ccc(OC)c(OC)c2)n(C)c(=O)n3C)c1. The highest BCUT2D eigenvalue weighted by Crippen LogP contribution is 2.39. The first-order valence-corrected chi connectivity index (χ1v) is 34.2. The Morgan fingerprint density at radius 3 is 2.12 bits per heavy atom. The van der Waals surface area contributed by atoms with Gasteiger partial charge in [-0.25, -0.2) is 14.0 Å². The molecule has 1 fully saturated rings. The number of aryl methyl sites for hydroxylation is 4. The zero-order valence-corrected chi connectivity index (χ0v) is 58.0. The highest BCUT2D eigenvalue weighted by atomic mass is 32.2. The smallest absolute Gasteiger partial charge is 0.328 e. The molecule has 0 bridgehead atoms. The summed E-state index contributed by atoms with van der Waals surface area (Å²) in [6, 6.07) is 23.4. The zero-order chi connectivity index (χ0) is 68.8. The number of methoxy groups -OCH3 is 2. The van der Waals surface area contributed by atoms with Gasteiger partial charge in [0.15, 0.2) is 28.2 Å². The van der Waals surface area contributed by atoms with Crippen molar-refractivity contribution in [3.63, 3.8) is 0 Å². The second-order valence-electron chi connectivity index (χ2n) is 24.5. The van der Waals surface area contributed by atoms with Crippen molar-refractivity contribution in [3.05, 3.63) is 134 Å². The maximum atomic E-state index is 13.8. The van der Waals surface area contributed by atoms with Crippen LogP contribution in [0.25, 0.3) is 22.2 Å². The van der Waals surface area contributed by atoms with Crippen molar-refractivity contribution in [2.45, 2.75) is 110 Å². The molecule has 4 heterocycles. The predicted molar refractivity (Wildman–Crippen MR) is 379 cm³/mol. The number of nitrogens with zero attached hydrogens (tertiary/aromatic N) is 6. The van der Waals surface area contributed by atoms with E-state index in [9.17, 15) is 28.2 Å². The molecule has 1 unspecified atom stereocenters. The summed E-state index contributed by atoms with van der Waals surface area (Å²) >= 11 is 0. The van der Waals surface area contributed by atoms with E-state index < -0.39 is 11.0 Å². The number of fused-ring (bicyclic) bond motifs is 1. The van der Waals surface area contributed by atoms with Gasteiger partial charge >= 0.3 is 5.69 Å². The van der Waals surface area contributed by atoms with Gasteiger partial charge < -0.3 is 60.2 Å².